The van der Waals surface area contributed by atoms with E-state index in [2.05, 4.69) is 17.1 Å². The second kappa shape index (κ2) is 5.38. The zero-order valence-electron chi connectivity index (χ0n) is 10.6. The number of hydrogen-bond donors (Lipinski definition) is 2. The van der Waals surface area contributed by atoms with Crippen molar-refractivity contribution in [1.29, 1.82) is 0 Å². The van der Waals surface area contributed by atoms with Crippen LogP contribution in [0.1, 0.15) is 18.5 Å². The lowest BCUT2D eigenvalue weighted by Crippen LogP contribution is -2.44. The summed E-state index contributed by atoms with van der Waals surface area (Å²) >= 11 is 0. The first-order chi connectivity index (χ1) is 8.22. The van der Waals surface area contributed by atoms with Gasteiger partial charge in [-0.2, -0.15) is 0 Å². The van der Waals surface area contributed by atoms with E-state index in [0.29, 0.717) is 6.04 Å². The molecule has 1 unspecified atom stereocenters. The molecule has 1 atom stereocenters. The van der Waals surface area contributed by atoms with Crippen LogP contribution in [0.25, 0.3) is 0 Å². The highest BCUT2D eigenvalue weighted by Crippen LogP contribution is 2.30. The lowest BCUT2D eigenvalue weighted by Gasteiger charge is -2.33. The number of nitrogen functional groups attached to an aromatic ring is 1. The summed E-state index contributed by atoms with van der Waals surface area (Å²) in [5.41, 5.74) is 7.83. The molecule has 17 heavy (non-hydrogen) atoms. The number of nitrogens with one attached hydrogen (secondary N) is 1. The van der Waals surface area contributed by atoms with E-state index < -0.39 is 0 Å². The molecule has 0 aliphatic carbocycles. The molecular weight excluding hydrogens is 214 g/mol. The van der Waals surface area contributed by atoms with Gasteiger partial charge in [0.15, 0.2) is 0 Å². The zero-order valence-corrected chi connectivity index (χ0v) is 10.6. The minimum atomic E-state index is 0.343. The number of benzene rings is 1. The minimum Gasteiger partial charge on any atom is -0.496 e. The van der Waals surface area contributed by atoms with E-state index in [1.165, 1.54) is 5.56 Å². The van der Waals surface area contributed by atoms with Gasteiger partial charge in [0.1, 0.15) is 5.75 Å². The molecule has 1 heterocycles. The minimum absolute atomic E-state index is 0.343. The normalized spacial score (nSPS) is 18.9. The van der Waals surface area contributed by atoms with Crippen LogP contribution in [0, 0.1) is 0 Å². The number of methoxy groups -OCH3 is 1. The fourth-order valence-electron chi connectivity index (χ4n) is 2.35. The number of hydrogen-bond acceptors (Lipinski definition) is 4. The van der Waals surface area contributed by atoms with Crippen LogP contribution in [0.4, 0.5) is 5.69 Å². The molecule has 0 saturated carbocycles. The van der Waals surface area contributed by atoms with E-state index in [4.69, 9.17) is 10.5 Å². The van der Waals surface area contributed by atoms with Gasteiger partial charge in [0.2, 0.25) is 0 Å². The van der Waals surface area contributed by atoms with Gasteiger partial charge in [0.05, 0.1) is 7.11 Å². The van der Waals surface area contributed by atoms with Crippen LogP contribution in [0.15, 0.2) is 18.2 Å². The molecular formula is C13H21N3O. The molecule has 4 heteroatoms. The topological polar surface area (TPSA) is 50.5 Å². The third kappa shape index (κ3) is 2.70. The predicted octanol–water partition coefficient (Wildman–Crippen LogP) is 1.24. The Morgan fingerprint density at radius 3 is 2.71 bits per heavy atom. The maximum atomic E-state index is 5.86. The second-order valence-corrected chi connectivity index (χ2v) is 4.46. The quantitative estimate of drug-likeness (QED) is 0.774. The first-order valence-electron chi connectivity index (χ1n) is 6.10. The van der Waals surface area contributed by atoms with Crippen LogP contribution in [-0.4, -0.2) is 38.2 Å². The highest BCUT2D eigenvalue weighted by Gasteiger charge is 2.20. The summed E-state index contributed by atoms with van der Waals surface area (Å²) < 4.78 is 5.41. The van der Waals surface area contributed by atoms with Crippen molar-refractivity contribution in [2.75, 3.05) is 39.0 Å². The van der Waals surface area contributed by atoms with E-state index >= 15 is 0 Å². The maximum Gasteiger partial charge on any atom is 0.123 e. The molecule has 1 aliphatic heterocycles. The first-order valence-corrected chi connectivity index (χ1v) is 6.10. The average molecular weight is 235 g/mol. The fraction of sp³-hybridized carbons (Fsp3) is 0.538. The van der Waals surface area contributed by atoms with Crippen LogP contribution in [0.3, 0.4) is 0 Å². The average Bonchev–Trinajstić information content (AvgIpc) is 2.39. The molecule has 0 amide bonds. The van der Waals surface area contributed by atoms with Crippen molar-refractivity contribution in [3.8, 4) is 5.75 Å². The third-order valence-electron chi connectivity index (χ3n) is 3.40. The number of piperazine rings is 1. The Kier molecular flexibility index (Phi) is 3.86. The van der Waals surface area contributed by atoms with Crippen LogP contribution < -0.4 is 15.8 Å². The maximum absolute atomic E-state index is 5.86. The van der Waals surface area contributed by atoms with Crippen LogP contribution in [0.2, 0.25) is 0 Å². The Bertz CT molecular complexity index is 375. The molecule has 94 valence electrons. The molecule has 1 saturated heterocycles. The lowest BCUT2D eigenvalue weighted by molar-refractivity contribution is 0.182. The highest BCUT2D eigenvalue weighted by molar-refractivity contribution is 5.49. The Labute approximate surface area is 103 Å². The van der Waals surface area contributed by atoms with Gasteiger partial charge in [-0.25, -0.2) is 0 Å². The summed E-state index contributed by atoms with van der Waals surface area (Å²) in [4.78, 5) is 2.45. The van der Waals surface area contributed by atoms with Crippen molar-refractivity contribution in [1.82, 2.24) is 10.2 Å². The second-order valence-electron chi connectivity index (χ2n) is 4.46. The van der Waals surface area contributed by atoms with Gasteiger partial charge in [-0.15, -0.1) is 0 Å². The summed E-state index contributed by atoms with van der Waals surface area (Å²) in [7, 11) is 1.71. The van der Waals surface area contributed by atoms with Crippen LogP contribution in [0.5, 0.6) is 5.75 Å². The van der Waals surface area contributed by atoms with Crippen molar-refractivity contribution >= 4 is 5.69 Å². The molecule has 0 aromatic heterocycles. The number of ether oxygens (including phenoxy) is 1. The summed E-state index contributed by atoms with van der Waals surface area (Å²) in [6.45, 7) is 6.45. The number of anilines is 1. The molecule has 0 spiro atoms. The Balaban J connectivity index is 2.21. The van der Waals surface area contributed by atoms with Crippen molar-refractivity contribution < 1.29 is 4.74 Å². The first kappa shape index (κ1) is 12.2. The van der Waals surface area contributed by atoms with Gasteiger partial charge in [0, 0.05) is 43.5 Å². The van der Waals surface area contributed by atoms with Crippen molar-refractivity contribution in [2.45, 2.75) is 13.0 Å². The van der Waals surface area contributed by atoms with Crippen molar-refractivity contribution in [2.24, 2.45) is 0 Å². The molecule has 0 radical (unpaired) electrons. The molecule has 2 rings (SSSR count). The zero-order chi connectivity index (χ0) is 12.3. The van der Waals surface area contributed by atoms with Gasteiger partial charge in [-0.1, -0.05) is 0 Å². The largest absolute Gasteiger partial charge is 0.496 e. The van der Waals surface area contributed by atoms with Gasteiger partial charge >= 0.3 is 0 Å². The molecule has 1 aliphatic rings. The summed E-state index contributed by atoms with van der Waals surface area (Å²) in [5.74, 6) is 0.922. The van der Waals surface area contributed by atoms with Crippen molar-refractivity contribution in [3.63, 3.8) is 0 Å². The molecule has 0 bridgehead atoms. The SMILES string of the molecule is COc1ccc(N)cc1C(C)N1CCNCC1. The molecule has 1 fully saturated rings. The Morgan fingerprint density at radius 2 is 2.06 bits per heavy atom. The van der Waals surface area contributed by atoms with Crippen LogP contribution in [-0.2, 0) is 0 Å². The molecule has 3 N–H and O–H groups in total. The van der Waals surface area contributed by atoms with Gasteiger partial charge < -0.3 is 15.8 Å². The Morgan fingerprint density at radius 1 is 1.35 bits per heavy atom. The number of nitrogens with two attached hydrogens (primary N) is 1. The summed E-state index contributed by atoms with van der Waals surface area (Å²) in [6.07, 6.45) is 0. The molecule has 1 aromatic carbocycles. The standard InChI is InChI=1S/C13H21N3O/c1-10(16-7-5-15-6-8-16)12-9-11(14)3-4-13(12)17-2/h3-4,9-10,15H,5-8,14H2,1-2H3. The monoisotopic (exact) mass is 235 g/mol. The van der Waals surface area contributed by atoms with E-state index in [1.807, 2.05) is 18.2 Å². The summed E-state index contributed by atoms with van der Waals surface area (Å²) in [5, 5.41) is 3.36. The van der Waals surface area contributed by atoms with Gasteiger partial charge in [0.25, 0.3) is 0 Å². The highest BCUT2D eigenvalue weighted by atomic mass is 16.5. The van der Waals surface area contributed by atoms with E-state index in [-0.39, 0.29) is 0 Å². The smallest absolute Gasteiger partial charge is 0.123 e. The van der Waals surface area contributed by atoms with E-state index in [0.717, 1.165) is 37.6 Å². The van der Waals surface area contributed by atoms with Gasteiger partial charge in [-0.3, -0.25) is 4.90 Å². The molecule has 4 nitrogen and oxygen atoms in total. The van der Waals surface area contributed by atoms with E-state index in [1.54, 1.807) is 7.11 Å². The predicted molar refractivity (Wildman–Crippen MR) is 70.3 cm³/mol. The number of rotatable bonds is 3. The fourth-order valence-corrected chi connectivity index (χ4v) is 2.35. The lowest BCUT2D eigenvalue weighted by atomic mass is 10.0. The molecule has 1 aromatic rings. The Hall–Kier alpha value is -1.26. The number of nitrogens with zero attached hydrogens (tertiary/aromatic N) is 1. The van der Waals surface area contributed by atoms with E-state index in [9.17, 15) is 0 Å². The third-order valence-corrected chi connectivity index (χ3v) is 3.40. The summed E-state index contributed by atoms with van der Waals surface area (Å²) in [6, 6.07) is 6.19. The van der Waals surface area contributed by atoms with Crippen molar-refractivity contribution in [3.05, 3.63) is 23.8 Å². The van der Waals surface area contributed by atoms with Crippen LogP contribution >= 0.6 is 0 Å². The van der Waals surface area contributed by atoms with Gasteiger partial charge in [-0.05, 0) is 25.1 Å².